The largest absolute Gasteiger partial charge is 0.323 e. The molecule has 2 aromatic carbocycles. The van der Waals surface area contributed by atoms with Crippen LogP contribution in [0.4, 0.5) is 11.4 Å². The zero-order valence-corrected chi connectivity index (χ0v) is 14.2. The second-order valence-electron chi connectivity index (χ2n) is 4.91. The highest BCUT2D eigenvalue weighted by molar-refractivity contribution is 6.36. The maximum atomic E-state index is 12.3. The number of hydrogen-bond acceptors (Lipinski definition) is 3. The molecule has 0 atom stereocenters. The first-order valence-corrected chi connectivity index (χ1v) is 7.70. The standard InChI is InChI=1S/C17H13Cl2N3O2/c1-11(23)22(16-5-3-2-4-12(16)9-20)10-17(24)21-15-7-6-13(18)8-14(15)19/h2-8H,10H2,1H3,(H,21,24). The minimum atomic E-state index is -0.442. The SMILES string of the molecule is CC(=O)N(CC(=O)Nc1ccc(Cl)cc1Cl)c1ccccc1C#N. The average Bonchev–Trinajstić information content (AvgIpc) is 2.55. The number of carbonyl (C=O) groups excluding carboxylic acids is 2. The Kier molecular flexibility index (Phi) is 5.80. The molecule has 0 radical (unpaired) electrons. The van der Waals surface area contributed by atoms with E-state index in [0.717, 1.165) is 0 Å². The predicted molar refractivity (Wildman–Crippen MR) is 94.3 cm³/mol. The lowest BCUT2D eigenvalue weighted by molar-refractivity contribution is -0.120. The van der Waals surface area contributed by atoms with Crippen molar-refractivity contribution < 1.29 is 9.59 Å². The smallest absolute Gasteiger partial charge is 0.244 e. The number of nitriles is 1. The van der Waals surface area contributed by atoms with Gasteiger partial charge in [-0.05, 0) is 30.3 Å². The van der Waals surface area contributed by atoms with E-state index in [0.29, 0.717) is 27.0 Å². The van der Waals surface area contributed by atoms with Gasteiger partial charge in [0, 0.05) is 11.9 Å². The molecule has 2 aromatic rings. The molecule has 0 spiro atoms. The molecule has 0 aliphatic carbocycles. The third-order valence-electron chi connectivity index (χ3n) is 3.20. The summed E-state index contributed by atoms with van der Waals surface area (Å²) in [5.41, 5.74) is 1.08. The van der Waals surface area contributed by atoms with Crippen LogP contribution in [0, 0.1) is 11.3 Å². The molecule has 0 saturated carbocycles. The lowest BCUT2D eigenvalue weighted by Crippen LogP contribution is -2.37. The van der Waals surface area contributed by atoms with Crippen LogP contribution in [0.25, 0.3) is 0 Å². The Labute approximate surface area is 149 Å². The topological polar surface area (TPSA) is 73.2 Å². The van der Waals surface area contributed by atoms with Crippen LogP contribution in [0.1, 0.15) is 12.5 Å². The van der Waals surface area contributed by atoms with Gasteiger partial charge in [0.15, 0.2) is 0 Å². The fraction of sp³-hybridized carbons (Fsp3) is 0.118. The highest BCUT2D eigenvalue weighted by Crippen LogP contribution is 2.25. The van der Waals surface area contributed by atoms with Crippen molar-refractivity contribution in [2.75, 3.05) is 16.8 Å². The highest BCUT2D eigenvalue weighted by atomic mass is 35.5. The lowest BCUT2D eigenvalue weighted by atomic mass is 10.1. The maximum Gasteiger partial charge on any atom is 0.244 e. The van der Waals surface area contributed by atoms with Gasteiger partial charge in [-0.1, -0.05) is 35.3 Å². The maximum absolute atomic E-state index is 12.3. The van der Waals surface area contributed by atoms with Crippen molar-refractivity contribution >= 4 is 46.4 Å². The van der Waals surface area contributed by atoms with Gasteiger partial charge in [0.2, 0.25) is 11.8 Å². The quantitative estimate of drug-likeness (QED) is 0.898. The molecule has 5 nitrogen and oxygen atoms in total. The Morgan fingerprint density at radius 3 is 2.54 bits per heavy atom. The van der Waals surface area contributed by atoms with E-state index in [-0.39, 0.29) is 12.5 Å². The van der Waals surface area contributed by atoms with Crippen molar-refractivity contribution in [3.8, 4) is 6.07 Å². The first-order valence-electron chi connectivity index (χ1n) is 6.94. The summed E-state index contributed by atoms with van der Waals surface area (Å²) in [5.74, 6) is -0.794. The molecule has 7 heteroatoms. The van der Waals surface area contributed by atoms with Crippen molar-refractivity contribution in [2.24, 2.45) is 0 Å². The number of anilines is 2. The Balaban J connectivity index is 2.20. The third kappa shape index (κ3) is 4.25. The van der Waals surface area contributed by atoms with Crippen LogP contribution >= 0.6 is 23.2 Å². The molecule has 0 aliphatic rings. The van der Waals surface area contributed by atoms with Crippen LogP contribution in [0.3, 0.4) is 0 Å². The molecule has 1 N–H and O–H groups in total. The molecule has 2 rings (SSSR count). The van der Waals surface area contributed by atoms with Crippen LogP contribution in [0.15, 0.2) is 42.5 Å². The van der Waals surface area contributed by atoms with E-state index in [4.69, 9.17) is 28.5 Å². The number of carbonyl (C=O) groups is 2. The second kappa shape index (κ2) is 7.82. The molecule has 0 aromatic heterocycles. The first kappa shape index (κ1) is 17.8. The molecule has 0 unspecified atom stereocenters. The van der Waals surface area contributed by atoms with E-state index in [2.05, 4.69) is 5.32 Å². The van der Waals surface area contributed by atoms with E-state index >= 15 is 0 Å². The molecular formula is C17H13Cl2N3O2. The van der Waals surface area contributed by atoms with Gasteiger partial charge in [0.1, 0.15) is 12.6 Å². The van der Waals surface area contributed by atoms with Gasteiger partial charge in [0.25, 0.3) is 0 Å². The van der Waals surface area contributed by atoms with E-state index in [1.165, 1.54) is 17.9 Å². The predicted octanol–water partition coefficient (Wildman–Crippen LogP) is 3.86. The number of benzene rings is 2. The minimum Gasteiger partial charge on any atom is -0.323 e. The Morgan fingerprint density at radius 1 is 1.21 bits per heavy atom. The van der Waals surface area contributed by atoms with Crippen LogP contribution in [-0.4, -0.2) is 18.4 Å². The van der Waals surface area contributed by atoms with Crippen molar-refractivity contribution in [2.45, 2.75) is 6.92 Å². The fourth-order valence-corrected chi connectivity index (χ4v) is 2.55. The van der Waals surface area contributed by atoms with Gasteiger partial charge in [-0.3, -0.25) is 9.59 Å². The molecule has 2 amide bonds. The van der Waals surface area contributed by atoms with E-state index in [1.54, 1.807) is 36.4 Å². The van der Waals surface area contributed by atoms with E-state index < -0.39 is 5.91 Å². The van der Waals surface area contributed by atoms with Crippen LogP contribution in [-0.2, 0) is 9.59 Å². The molecule has 0 heterocycles. The molecular weight excluding hydrogens is 349 g/mol. The van der Waals surface area contributed by atoms with Crippen LogP contribution < -0.4 is 10.2 Å². The van der Waals surface area contributed by atoms with Crippen molar-refractivity contribution in [3.63, 3.8) is 0 Å². The van der Waals surface area contributed by atoms with Crippen molar-refractivity contribution in [1.82, 2.24) is 0 Å². The van der Waals surface area contributed by atoms with Crippen molar-refractivity contribution in [3.05, 3.63) is 58.1 Å². The Bertz CT molecular complexity index is 831. The van der Waals surface area contributed by atoms with E-state index in [9.17, 15) is 9.59 Å². The lowest BCUT2D eigenvalue weighted by Gasteiger charge is -2.21. The summed E-state index contributed by atoms with van der Waals surface area (Å²) in [7, 11) is 0. The van der Waals surface area contributed by atoms with Crippen LogP contribution in [0.5, 0.6) is 0 Å². The summed E-state index contributed by atoms with van der Waals surface area (Å²) >= 11 is 11.8. The van der Waals surface area contributed by atoms with Gasteiger partial charge in [-0.15, -0.1) is 0 Å². The van der Waals surface area contributed by atoms with Gasteiger partial charge in [0.05, 0.1) is 22.0 Å². The number of halogens is 2. The number of rotatable bonds is 4. The van der Waals surface area contributed by atoms with Gasteiger partial charge >= 0.3 is 0 Å². The van der Waals surface area contributed by atoms with Gasteiger partial charge in [-0.25, -0.2) is 0 Å². The molecule has 24 heavy (non-hydrogen) atoms. The van der Waals surface area contributed by atoms with Crippen molar-refractivity contribution in [1.29, 1.82) is 5.26 Å². The number of hydrogen-bond donors (Lipinski definition) is 1. The molecule has 0 fully saturated rings. The number of para-hydroxylation sites is 1. The summed E-state index contributed by atoms with van der Waals surface area (Å²) in [6.07, 6.45) is 0. The highest BCUT2D eigenvalue weighted by Gasteiger charge is 2.19. The second-order valence-corrected chi connectivity index (χ2v) is 5.75. The minimum absolute atomic E-state index is 0.243. The number of amides is 2. The molecule has 0 saturated heterocycles. The summed E-state index contributed by atoms with van der Waals surface area (Å²) in [6, 6.07) is 13.3. The number of nitrogens with zero attached hydrogens (tertiary/aromatic N) is 2. The van der Waals surface area contributed by atoms with Crippen LogP contribution in [0.2, 0.25) is 10.0 Å². The summed E-state index contributed by atoms with van der Waals surface area (Å²) in [4.78, 5) is 25.4. The number of nitrogens with one attached hydrogen (secondary N) is 1. The van der Waals surface area contributed by atoms with Gasteiger partial charge in [-0.2, -0.15) is 5.26 Å². The summed E-state index contributed by atoms with van der Waals surface area (Å²) in [5, 5.41) is 12.5. The molecule has 0 bridgehead atoms. The summed E-state index contributed by atoms with van der Waals surface area (Å²) < 4.78 is 0. The monoisotopic (exact) mass is 361 g/mol. The van der Waals surface area contributed by atoms with Gasteiger partial charge < -0.3 is 10.2 Å². The Morgan fingerprint density at radius 2 is 1.92 bits per heavy atom. The average molecular weight is 362 g/mol. The Hall–Kier alpha value is -2.55. The third-order valence-corrected chi connectivity index (χ3v) is 3.75. The molecule has 0 aliphatic heterocycles. The molecule has 122 valence electrons. The van der Waals surface area contributed by atoms with E-state index in [1.807, 2.05) is 6.07 Å². The first-order chi connectivity index (χ1) is 11.4. The zero-order chi connectivity index (χ0) is 17.7. The fourth-order valence-electron chi connectivity index (χ4n) is 2.09. The summed E-state index contributed by atoms with van der Waals surface area (Å²) in [6.45, 7) is 1.09. The zero-order valence-electron chi connectivity index (χ0n) is 12.7. The normalized spacial score (nSPS) is 9.92.